The van der Waals surface area contributed by atoms with Crippen molar-refractivity contribution in [2.45, 2.75) is 31.5 Å². The van der Waals surface area contributed by atoms with Gasteiger partial charge in [0.05, 0.1) is 0 Å². The van der Waals surface area contributed by atoms with Gasteiger partial charge in [-0.2, -0.15) is 0 Å². The summed E-state index contributed by atoms with van der Waals surface area (Å²) in [6.07, 6.45) is 3.79. The summed E-state index contributed by atoms with van der Waals surface area (Å²) in [6, 6.07) is 2.07. The molecular weight excluding hydrogens is 254 g/mol. The number of nitrogens with zero attached hydrogens (tertiary/aromatic N) is 3. The Hall–Kier alpha value is -0.640. The van der Waals surface area contributed by atoms with Crippen LogP contribution in [0.15, 0.2) is 12.4 Å². The number of alkyl halides is 1. The normalized spacial score (nSPS) is 12.5. The molecule has 1 aromatic heterocycles. The van der Waals surface area contributed by atoms with Crippen LogP contribution in [0.25, 0.3) is 0 Å². The number of hydrogen-bond acceptors (Lipinski definition) is 3. The lowest BCUT2D eigenvalue weighted by molar-refractivity contribution is 0.833. The van der Waals surface area contributed by atoms with E-state index in [1.807, 2.05) is 0 Å². The van der Waals surface area contributed by atoms with Crippen LogP contribution >= 0.6 is 15.9 Å². The van der Waals surface area contributed by atoms with E-state index < -0.39 is 0 Å². The summed E-state index contributed by atoms with van der Waals surface area (Å²) >= 11 is 3.54. The van der Waals surface area contributed by atoms with Gasteiger partial charge in [0.15, 0.2) is 0 Å². The standard InChI is InChI=1S/C11H18BrN3/c1-4-5-10-6-11(14-8-13-10)15(3)7-9(2)12/h6,8-9H,4-5,7H2,1-3H3. The summed E-state index contributed by atoms with van der Waals surface area (Å²) in [5.41, 5.74) is 1.12. The summed E-state index contributed by atoms with van der Waals surface area (Å²) in [7, 11) is 2.05. The third-order valence-corrected chi connectivity index (χ3v) is 2.42. The Labute approximate surface area is 100 Å². The minimum Gasteiger partial charge on any atom is -0.358 e. The van der Waals surface area contributed by atoms with Crippen molar-refractivity contribution in [2.75, 3.05) is 18.5 Å². The maximum absolute atomic E-state index is 4.27. The van der Waals surface area contributed by atoms with Crippen molar-refractivity contribution in [1.29, 1.82) is 0 Å². The van der Waals surface area contributed by atoms with Crippen LogP contribution in [0.1, 0.15) is 26.0 Å². The van der Waals surface area contributed by atoms with Gasteiger partial charge in [-0.25, -0.2) is 9.97 Å². The lowest BCUT2D eigenvalue weighted by Crippen LogP contribution is -2.25. The molecule has 0 N–H and O–H groups in total. The minimum atomic E-state index is 0.465. The fourth-order valence-electron chi connectivity index (χ4n) is 1.46. The van der Waals surface area contributed by atoms with E-state index in [0.29, 0.717) is 4.83 Å². The Balaban J connectivity index is 2.71. The number of rotatable bonds is 5. The maximum atomic E-state index is 4.27. The van der Waals surface area contributed by atoms with Gasteiger partial charge >= 0.3 is 0 Å². The van der Waals surface area contributed by atoms with E-state index in [-0.39, 0.29) is 0 Å². The van der Waals surface area contributed by atoms with Crippen LogP contribution in [-0.4, -0.2) is 28.4 Å². The maximum Gasteiger partial charge on any atom is 0.131 e. The van der Waals surface area contributed by atoms with Crippen LogP contribution in [0.3, 0.4) is 0 Å². The van der Waals surface area contributed by atoms with Crippen molar-refractivity contribution >= 4 is 21.7 Å². The highest BCUT2D eigenvalue weighted by molar-refractivity contribution is 9.09. The average Bonchev–Trinajstić information content (AvgIpc) is 2.17. The smallest absolute Gasteiger partial charge is 0.131 e. The van der Waals surface area contributed by atoms with Crippen LogP contribution in [-0.2, 0) is 6.42 Å². The van der Waals surface area contributed by atoms with Crippen molar-refractivity contribution < 1.29 is 0 Å². The quantitative estimate of drug-likeness (QED) is 0.772. The van der Waals surface area contributed by atoms with Gasteiger partial charge in [0, 0.05) is 30.2 Å². The van der Waals surface area contributed by atoms with Crippen LogP contribution in [0, 0.1) is 0 Å². The monoisotopic (exact) mass is 271 g/mol. The van der Waals surface area contributed by atoms with Crippen LogP contribution in [0.5, 0.6) is 0 Å². The number of halogens is 1. The number of hydrogen-bond donors (Lipinski definition) is 0. The predicted molar refractivity (Wildman–Crippen MR) is 67.7 cm³/mol. The molecule has 0 saturated heterocycles. The fraction of sp³-hybridized carbons (Fsp3) is 0.636. The van der Waals surface area contributed by atoms with E-state index in [4.69, 9.17) is 0 Å². The predicted octanol–water partition coefficient (Wildman–Crippen LogP) is 2.65. The first-order valence-electron chi connectivity index (χ1n) is 5.29. The topological polar surface area (TPSA) is 29.0 Å². The van der Waals surface area contributed by atoms with E-state index >= 15 is 0 Å². The van der Waals surface area contributed by atoms with Crippen molar-refractivity contribution in [3.8, 4) is 0 Å². The van der Waals surface area contributed by atoms with Gasteiger partial charge in [-0.1, -0.05) is 36.2 Å². The van der Waals surface area contributed by atoms with Crippen LogP contribution in [0.4, 0.5) is 5.82 Å². The molecule has 1 atom stereocenters. The Bertz CT molecular complexity index is 302. The summed E-state index contributed by atoms with van der Waals surface area (Å²) in [4.78, 5) is 11.1. The Morgan fingerprint density at radius 1 is 1.47 bits per heavy atom. The first-order valence-corrected chi connectivity index (χ1v) is 6.21. The zero-order chi connectivity index (χ0) is 11.3. The van der Waals surface area contributed by atoms with Crippen molar-refractivity contribution in [3.63, 3.8) is 0 Å². The summed E-state index contributed by atoms with van der Waals surface area (Å²) in [5, 5.41) is 0. The molecule has 1 unspecified atom stereocenters. The minimum absolute atomic E-state index is 0.465. The Morgan fingerprint density at radius 2 is 2.20 bits per heavy atom. The van der Waals surface area contributed by atoms with Gasteiger partial charge in [0.1, 0.15) is 12.1 Å². The van der Waals surface area contributed by atoms with Crippen molar-refractivity contribution in [2.24, 2.45) is 0 Å². The third kappa shape index (κ3) is 4.16. The molecule has 0 spiro atoms. The second-order valence-corrected chi connectivity index (χ2v) is 5.34. The number of anilines is 1. The second-order valence-electron chi connectivity index (χ2n) is 3.78. The molecule has 1 aromatic rings. The van der Waals surface area contributed by atoms with E-state index in [0.717, 1.165) is 30.9 Å². The lowest BCUT2D eigenvalue weighted by atomic mass is 10.2. The van der Waals surface area contributed by atoms with Crippen LogP contribution < -0.4 is 4.90 Å². The highest BCUT2D eigenvalue weighted by Crippen LogP contribution is 2.12. The van der Waals surface area contributed by atoms with Gasteiger partial charge in [-0.05, 0) is 6.42 Å². The van der Waals surface area contributed by atoms with Gasteiger partial charge in [0.25, 0.3) is 0 Å². The molecule has 15 heavy (non-hydrogen) atoms. The molecule has 0 fully saturated rings. The van der Waals surface area contributed by atoms with Gasteiger partial charge < -0.3 is 4.90 Å². The SMILES string of the molecule is CCCc1cc(N(C)CC(C)Br)ncn1. The van der Waals surface area contributed by atoms with Gasteiger partial charge in [-0.15, -0.1) is 0 Å². The lowest BCUT2D eigenvalue weighted by Gasteiger charge is -2.19. The highest BCUT2D eigenvalue weighted by Gasteiger charge is 2.06. The van der Waals surface area contributed by atoms with E-state index in [9.17, 15) is 0 Å². The Morgan fingerprint density at radius 3 is 2.80 bits per heavy atom. The second kappa shape index (κ2) is 6.05. The molecule has 1 heterocycles. The zero-order valence-corrected chi connectivity index (χ0v) is 11.2. The first-order chi connectivity index (χ1) is 7.13. The molecule has 84 valence electrons. The molecule has 0 aliphatic heterocycles. The van der Waals surface area contributed by atoms with Gasteiger partial charge in [0.2, 0.25) is 0 Å². The van der Waals surface area contributed by atoms with E-state index in [2.05, 4.69) is 57.8 Å². The Kier molecular flexibility index (Phi) is 5.02. The van der Waals surface area contributed by atoms with E-state index in [1.165, 1.54) is 0 Å². The number of aromatic nitrogens is 2. The highest BCUT2D eigenvalue weighted by atomic mass is 79.9. The molecular formula is C11H18BrN3. The molecule has 0 aliphatic rings. The third-order valence-electron chi connectivity index (χ3n) is 2.13. The molecule has 0 aliphatic carbocycles. The first kappa shape index (κ1) is 12.4. The molecule has 0 aromatic carbocycles. The number of aryl methyl sites for hydroxylation is 1. The molecule has 1 rings (SSSR count). The molecule has 4 heteroatoms. The zero-order valence-electron chi connectivity index (χ0n) is 9.57. The van der Waals surface area contributed by atoms with Crippen molar-refractivity contribution in [1.82, 2.24) is 9.97 Å². The summed E-state index contributed by atoms with van der Waals surface area (Å²) in [6.45, 7) is 5.24. The molecule has 0 amide bonds. The van der Waals surface area contributed by atoms with Gasteiger partial charge in [-0.3, -0.25) is 0 Å². The molecule has 0 radical (unpaired) electrons. The fourth-order valence-corrected chi connectivity index (χ4v) is 1.89. The molecule has 0 saturated carbocycles. The summed E-state index contributed by atoms with van der Waals surface area (Å²) in [5.74, 6) is 1.000. The van der Waals surface area contributed by atoms with Crippen LogP contribution in [0.2, 0.25) is 0 Å². The largest absolute Gasteiger partial charge is 0.358 e. The summed E-state index contributed by atoms with van der Waals surface area (Å²) < 4.78 is 0. The average molecular weight is 272 g/mol. The van der Waals surface area contributed by atoms with E-state index in [1.54, 1.807) is 6.33 Å². The molecule has 0 bridgehead atoms. The molecule has 3 nitrogen and oxygen atoms in total. The van der Waals surface area contributed by atoms with Crippen molar-refractivity contribution in [3.05, 3.63) is 18.1 Å².